The SMILES string of the molecule is CC1CN(C(=O)c2ccnnc2)CCC1Nc1ccc(C#N)nn1. The molecule has 0 radical (unpaired) electrons. The minimum absolute atomic E-state index is 0.0200. The highest BCUT2D eigenvalue weighted by Crippen LogP contribution is 2.21. The van der Waals surface area contributed by atoms with E-state index in [1.807, 2.05) is 11.0 Å². The predicted molar refractivity (Wildman–Crippen MR) is 85.9 cm³/mol. The monoisotopic (exact) mass is 323 g/mol. The van der Waals surface area contributed by atoms with Crippen molar-refractivity contribution in [3.8, 4) is 6.07 Å². The quantitative estimate of drug-likeness (QED) is 0.901. The number of anilines is 1. The maximum absolute atomic E-state index is 12.5. The van der Waals surface area contributed by atoms with E-state index >= 15 is 0 Å². The van der Waals surface area contributed by atoms with E-state index in [-0.39, 0.29) is 17.9 Å². The third-order valence-electron chi connectivity index (χ3n) is 4.14. The molecule has 1 saturated heterocycles. The van der Waals surface area contributed by atoms with Crippen LogP contribution in [0, 0.1) is 17.2 Å². The van der Waals surface area contributed by atoms with Crippen molar-refractivity contribution in [1.82, 2.24) is 25.3 Å². The van der Waals surface area contributed by atoms with Gasteiger partial charge in [0.15, 0.2) is 5.69 Å². The van der Waals surface area contributed by atoms with E-state index in [2.05, 4.69) is 32.6 Å². The van der Waals surface area contributed by atoms with Crippen LogP contribution in [0.2, 0.25) is 0 Å². The highest BCUT2D eigenvalue weighted by molar-refractivity contribution is 5.93. The Morgan fingerprint density at radius 1 is 1.33 bits per heavy atom. The zero-order valence-corrected chi connectivity index (χ0v) is 13.3. The number of likely N-dealkylation sites (tertiary alicyclic amines) is 1. The van der Waals surface area contributed by atoms with Gasteiger partial charge in [-0.25, -0.2) is 0 Å². The number of carbonyl (C=O) groups is 1. The zero-order chi connectivity index (χ0) is 16.9. The van der Waals surface area contributed by atoms with Crippen LogP contribution in [0.1, 0.15) is 29.4 Å². The number of nitrogens with zero attached hydrogens (tertiary/aromatic N) is 6. The van der Waals surface area contributed by atoms with Gasteiger partial charge in [-0.2, -0.15) is 15.5 Å². The number of piperidine rings is 1. The number of nitrogens with one attached hydrogen (secondary N) is 1. The Morgan fingerprint density at radius 3 is 2.83 bits per heavy atom. The van der Waals surface area contributed by atoms with E-state index in [1.54, 1.807) is 18.2 Å². The van der Waals surface area contributed by atoms with Gasteiger partial charge in [0, 0.05) is 19.1 Å². The van der Waals surface area contributed by atoms with Crippen molar-refractivity contribution in [2.75, 3.05) is 18.4 Å². The normalized spacial score (nSPS) is 20.2. The Balaban J connectivity index is 1.61. The summed E-state index contributed by atoms with van der Waals surface area (Å²) in [5, 5.41) is 27.4. The molecule has 1 aliphatic heterocycles. The summed E-state index contributed by atoms with van der Waals surface area (Å²) in [6, 6.07) is 7.21. The first-order valence-electron chi connectivity index (χ1n) is 7.73. The molecular formula is C16H17N7O. The highest BCUT2D eigenvalue weighted by Gasteiger charge is 2.29. The van der Waals surface area contributed by atoms with Crippen molar-refractivity contribution in [2.24, 2.45) is 5.92 Å². The first-order valence-corrected chi connectivity index (χ1v) is 7.73. The molecule has 8 nitrogen and oxygen atoms in total. The fraction of sp³-hybridized carbons (Fsp3) is 0.375. The molecule has 24 heavy (non-hydrogen) atoms. The third-order valence-corrected chi connectivity index (χ3v) is 4.14. The molecule has 2 aromatic heterocycles. The molecule has 1 aliphatic rings. The van der Waals surface area contributed by atoms with Crippen LogP contribution in [0.25, 0.3) is 0 Å². The summed E-state index contributed by atoms with van der Waals surface area (Å²) in [4.78, 5) is 14.3. The second-order valence-corrected chi connectivity index (χ2v) is 5.81. The molecule has 0 aliphatic carbocycles. The molecule has 0 spiro atoms. The van der Waals surface area contributed by atoms with E-state index in [1.165, 1.54) is 12.4 Å². The van der Waals surface area contributed by atoms with Crippen molar-refractivity contribution < 1.29 is 4.79 Å². The van der Waals surface area contributed by atoms with E-state index < -0.39 is 0 Å². The van der Waals surface area contributed by atoms with E-state index in [9.17, 15) is 4.79 Å². The van der Waals surface area contributed by atoms with Crippen LogP contribution in [0.5, 0.6) is 0 Å². The number of rotatable bonds is 3. The Morgan fingerprint density at radius 2 is 2.21 bits per heavy atom. The van der Waals surface area contributed by atoms with Gasteiger partial charge in [-0.1, -0.05) is 6.92 Å². The number of amides is 1. The topological polar surface area (TPSA) is 108 Å². The number of nitriles is 1. The molecule has 3 heterocycles. The number of aromatic nitrogens is 4. The number of hydrogen-bond donors (Lipinski definition) is 1. The molecule has 3 rings (SSSR count). The van der Waals surface area contributed by atoms with Gasteiger partial charge in [-0.3, -0.25) is 4.79 Å². The average molecular weight is 323 g/mol. The Labute approximate surface area is 139 Å². The molecule has 0 saturated carbocycles. The van der Waals surface area contributed by atoms with Crippen molar-refractivity contribution in [3.05, 3.63) is 41.9 Å². The lowest BCUT2D eigenvalue weighted by Gasteiger charge is -2.37. The number of hydrogen-bond acceptors (Lipinski definition) is 7. The maximum Gasteiger partial charge on any atom is 0.255 e. The van der Waals surface area contributed by atoms with Crippen LogP contribution in [-0.2, 0) is 0 Å². The molecule has 2 unspecified atom stereocenters. The minimum atomic E-state index is -0.0200. The Bertz CT molecular complexity index is 741. The Kier molecular flexibility index (Phi) is 4.61. The molecule has 2 aromatic rings. The first-order chi connectivity index (χ1) is 11.7. The summed E-state index contributed by atoms with van der Waals surface area (Å²) in [5.74, 6) is 0.882. The van der Waals surface area contributed by atoms with Gasteiger partial charge in [-0.15, -0.1) is 10.2 Å². The second kappa shape index (κ2) is 7.00. The zero-order valence-electron chi connectivity index (χ0n) is 13.3. The largest absolute Gasteiger partial charge is 0.365 e. The average Bonchev–Trinajstić information content (AvgIpc) is 2.64. The number of carbonyl (C=O) groups excluding carboxylic acids is 1. The molecule has 1 fully saturated rings. The van der Waals surface area contributed by atoms with Gasteiger partial charge in [-0.05, 0) is 30.5 Å². The van der Waals surface area contributed by atoms with Crippen molar-refractivity contribution in [3.63, 3.8) is 0 Å². The van der Waals surface area contributed by atoms with Crippen LogP contribution in [0.15, 0.2) is 30.6 Å². The van der Waals surface area contributed by atoms with Gasteiger partial charge in [0.25, 0.3) is 5.91 Å². The lowest BCUT2D eigenvalue weighted by Crippen LogP contribution is -2.47. The summed E-state index contributed by atoms with van der Waals surface area (Å²) in [6.45, 7) is 3.41. The predicted octanol–water partition coefficient (Wildman–Crippen LogP) is 1.10. The van der Waals surface area contributed by atoms with Crippen LogP contribution in [0.3, 0.4) is 0 Å². The van der Waals surface area contributed by atoms with Crippen LogP contribution in [0.4, 0.5) is 5.82 Å². The fourth-order valence-corrected chi connectivity index (χ4v) is 2.80. The molecule has 1 amide bonds. The van der Waals surface area contributed by atoms with E-state index in [4.69, 9.17) is 5.26 Å². The van der Waals surface area contributed by atoms with Gasteiger partial charge >= 0.3 is 0 Å². The summed E-state index contributed by atoms with van der Waals surface area (Å²) in [7, 11) is 0. The van der Waals surface area contributed by atoms with Gasteiger partial charge in [0.2, 0.25) is 0 Å². The van der Waals surface area contributed by atoms with Gasteiger partial charge in [0.1, 0.15) is 11.9 Å². The second-order valence-electron chi connectivity index (χ2n) is 5.81. The van der Waals surface area contributed by atoms with Crippen LogP contribution >= 0.6 is 0 Å². The van der Waals surface area contributed by atoms with Crippen molar-refractivity contribution >= 4 is 11.7 Å². The molecular weight excluding hydrogens is 306 g/mol. The highest BCUT2D eigenvalue weighted by atomic mass is 16.2. The van der Waals surface area contributed by atoms with Crippen molar-refractivity contribution in [1.29, 1.82) is 5.26 Å². The molecule has 8 heteroatoms. The standard InChI is InChI=1S/C16H17N7O/c1-11-10-23(16(24)12-4-6-18-19-9-12)7-5-14(11)20-15-3-2-13(8-17)21-22-15/h2-4,6,9,11,14H,5,7,10H2,1H3,(H,20,22). The van der Waals surface area contributed by atoms with E-state index in [0.717, 1.165) is 6.42 Å². The lowest BCUT2D eigenvalue weighted by atomic mass is 9.93. The van der Waals surface area contributed by atoms with Crippen LogP contribution < -0.4 is 5.32 Å². The Hall–Kier alpha value is -3.08. The van der Waals surface area contributed by atoms with Crippen LogP contribution in [-0.4, -0.2) is 50.3 Å². The molecule has 122 valence electrons. The minimum Gasteiger partial charge on any atom is -0.365 e. The summed E-state index contributed by atoms with van der Waals surface area (Å²) in [5.41, 5.74) is 0.849. The molecule has 0 bridgehead atoms. The van der Waals surface area contributed by atoms with Crippen molar-refractivity contribution in [2.45, 2.75) is 19.4 Å². The molecule has 1 N–H and O–H groups in total. The molecule has 0 aromatic carbocycles. The first kappa shape index (κ1) is 15.8. The summed E-state index contributed by atoms with van der Waals surface area (Å²) in [6.07, 6.45) is 3.82. The summed E-state index contributed by atoms with van der Waals surface area (Å²) < 4.78 is 0. The summed E-state index contributed by atoms with van der Waals surface area (Å²) >= 11 is 0. The van der Waals surface area contributed by atoms with Gasteiger partial charge < -0.3 is 10.2 Å². The smallest absolute Gasteiger partial charge is 0.255 e. The van der Waals surface area contributed by atoms with E-state index in [0.29, 0.717) is 30.2 Å². The fourth-order valence-electron chi connectivity index (χ4n) is 2.80. The maximum atomic E-state index is 12.5. The lowest BCUT2D eigenvalue weighted by molar-refractivity contribution is 0.0671. The van der Waals surface area contributed by atoms with Gasteiger partial charge in [0.05, 0.1) is 18.0 Å². The third kappa shape index (κ3) is 3.46. The molecule has 2 atom stereocenters.